The molecule has 27 heavy (non-hydrogen) atoms. The van der Waals surface area contributed by atoms with Gasteiger partial charge in [0, 0.05) is 25.1 Å². The van der Waals surface area contributed by atoms with Gasteiger partial charge in [-0.1, -0.05) is 23.7 Å². The van der Waals surface area contributed by atoms with Crippen molar-refractivity contribution in [3.63, 3.8) is 0 Å². The minimum absolute atomic E-state index is 0.00925. The van der Waals surface area contributed by atoms with E-state index in [2.05, 4.69) is 5.32 Å². The number of nitrogens with one attached hydrogen (secondary N) is 1. The van der Waals surface area contributed by atoms with Crippen LogP contribution in [0.25, 0.3) is 0 Å². The number of hydrogen-bond donors (Lipinski definition) is 1. The Bertz CT molecular complexity index is 918. The van der Waals surface area contributed by atoms with Crippen molar-refractivity contribution in [2.45, 2.75) is 25.3 Å². The van der Waals surface area contributed by atoms with Crippen LogP contribution >= 0.6 is 11.6 Å². The second-order valence-corrected chi connectivity index (χ2v) is 7.20. The van der Waals surface area contributed by atoms with E-state index in [0.717, 1.165) is 23.3 Å². The molecule has 0 radical (unpaired) electrons. The van der Waals surface area contributed by atoms with E-state index < -0.39 is 5.82 Å². The number of rotatable bonds is 4. The van der Waals surface area contributed by atoms with Crippen LogP contribution in [0.5, 0.6) is 5.75 Å². The van der Waals surface area contributed by atoms with Gasteiger partial charge in [-0.25, -0.2) is 4.39 Å². The third kappa shape index (κ3) is 3.76. The number of halogens is 2. The van der Waals surface area contributed by atoms with Crippen LogP contribution in [0.3, 0.4) is 0 Å². The third-order valence-corrected chi connectivity index (χ3v) is 5.13. The zero-order chi connectivity index (χ0) is 19.0. The van der Waals surface area contributed by atoms with E-state index in [-0.39, 0.29) is 35.7 Å². The van der Waals surface area contributed by atoms with Crippen LogP contribution in [0.15, 0.2) is 36.4 Å². The zero-order valence-electron chi connectivity index (χ0n) is 14.5. The van der Waals surface area contributed by atoms with E-state index >= 15 is 0 Å². The van der Waals surface area contributed by atoms with Gasteiger partial charge >= 0.3 is 0 Å². The molecule has 1 unspecified atom stereocenters. The van der Waals surface area contributed by atoms with Crippen molar-refractivity contribution < 1.29 is 18.7 Å². The van der Waals surface area contributed by atoms with E-state index in [4.69, 9.17) is 16.3 Å². The van der Waals surface area contributed by atoms with Crippen molar-refractivity contribution in [3.05, 3.63) is 58.4 Å². The molecule has 140 valence electrons. The smallest absolute Gasteiger partial charge is 0.229 e. The lowest BCUT2D eigenvalue weighted by Crippen LogP contribution is -2.38. The standard InChI is InChI=1S/C20H18ClFN2O3/c21-16-3-2-15(10-17(16)22)24-11-14(9-20(24)26)23-19(25)8-12-1-4-18-13(7-12)5-6-27-18/h1-4,7,10,14H,5-6,8-9,11H2,(H,23,25). The number of carbonyl (C=O) groups excluding carboxylic acids is 2. The summed E-state index contributed by atoms with van der Waals surface area (Å²) in [7, 11) is 0. The summed E-state index contributed by atoms with van der Waals surface area (Å²) in [6, 6.07) is 9.71. The summed E-state index contributed by atoms with van der Waals surface area (Å²) in [4.78, 5) is 26.1. The molecule has 4 rings (SSSR count). The van der Waals surface area contributed by atoms with E-state index in [1.54, 1.807) is 6.07 Å². The Kier molecular flexibility index (Phi) is 4.74. The molecule has 2 aromatic carbocycles. The molecule has 2 amide bonds. The van der Waals surface area contributed by atoms with Gasteiger partial charge in [0.25, 0.3) is 0 Å². The highest BCUT2D eigenvalue weighted by Gasteiger charge is 2.32. The summed E-state index contributed by atoms with van der Waals surface area (Å²) in [5, 5.41) is 2.91. The number of benzene rings is 2. The van der Waals surface area contributed by atoms with Crippen LogP contribution in [0.1, 0.15) is 17.5 Å². The molecule has 0 aliphatic carbocycles. The summed E-state index contributed by atoms with van der Waals surface area (Å²) >= 11 is 5.69. The van der Waals surface area contributed by atoms with E-state index in [1.165, 1.54) is 17.0 Å². The molecular formula is C20H18ClFN2O3. The van der Waals surface area contributed by atoms with Gasteiger partial charge in [0.1, 0.15) is 11.6 Å². The van der Waals surface area contributed by atoms with Gasteiger partial charge in [0.05, 0.1) is 24.1 Å². The van der Waals surface area contributed by atoms with Gasteiger partial charge in [0.15, 0.2) is 0 Å². The second kappa shape index (κ2) is 7.19. The Labute approximate surface area is 161 Å². The first-order chi connectivity index (χ1) is 13.0. The predicted molar refractivity (Wildman–Crippen MR) is 99.7 cm³/mol. The molecule has 0 spiro atoms. The van der Waals surface area contributed by atoms with E-state index in [1.807, 2.05) is 18.2 Å². The highest BCUT2D eigenvalue weighted by Crippen LogP contribution is 2.27. The predicted octanol–water partition coefficient (Wildman–Crippen LogP) is 2.88. The minimum Gasteiger partial charge on any atom is -0.493 e. The van der Waals surface area contributed by atoms with E-state index in [0.29, 0.717) is 18.8 Å². The van der Waals surface area contributed by atoms with Crippen LogP contribution in [-0.4, -0.2) is 31.0 Å². The molecule has 2 heterocycles. The SMILES string of the molecule is O=C(Cc1ccc2c(c1)CCO2)NC1CC(=O)N(c2ccc(Cl)c(F)c2)C1. The third-order valence-electron chi connectivity index (χ3n) is 4.82. The van der Waals surface area contributed by atoms with Crippen molar-refractivity contribution in [1.29, 1.82) is 0 Å². The van der Waals surface area contributed by atoms with Crippen LogP contribution in [0.2, 0.25) is 5.02 Å². The molecule has 2 aliphatic heterocycles. The molecule has 0 bridgehead atoms. The fourth-order valence-corrected chi connectivity index (χ4v) is 3.64. The molecule has 0 aromatic heterocycles. The first-order valence-electron chi connectivity index (χ1n) is 8.79. The second-order valence-electron chi connectivity index (χ2n) is 6.79. The molecule has 1 fully saturated rings. The summed E-state index contributed by atoms with van der Waals surface area (Å²) in [5.41, 5.74) is 2.47. The molecule has 1 saturated heterocycles. The molecule has 1 N–H and O–H groups in total. The Balaban J connectivity index is 1.38. The summed E-state index contributed by atoms with van der Waals surface area (Å²) in [6.45, 7) is 0.986. The van der Waals surface area contributed by atoms with Gasteiger partial charge in [-0.05, 0) is 35.4 Å². The molecule has 1 atom stereocenters. The quantitative estimate of drug-likeness (QED) is 0.876. The van der Waals surface area contributed by atoms with Gasteiger partial charge in [-0.3, -0.25) is 9.59 Å². The molecule has 7 heteroatoms. The fourth-order valence-electron chi connectivity index (χ4n) is 3.52. The number of anilines is 1. The monoisotopic (exact) mass is 388 g/mol. The van der Waals surface area contributed by atoms with Crippen molar-refractivity contribution in [1.82, 2.24) is 5.32 Å². The molecule has 2 aliphatic rings. The first-order valence-corrected chi connectivity index (χ1v) is 9.17. The van der Waals surface area contributed by atoms with Crippen LogP contribution in [0, 0.1) is 5.82 Å². The molecule has 0 saturated carbocycles. The van der Waals surface area contributed by atoms with Crippen molar-refractivity contribution >= 4 is 29.1 Å². The van der Waals surface area contributed by atoms with Crippen LogP contribution in [0.4, 0.5) is 10.1 Å². The summed E-state index contributed by atoms with van der Waals surface area (Å²) < 4.78 is 19.1. The molecule has 2 aromatic rings. The maximum absolute atomic E-state index is 13.7. The minimum atomic E-state index is -0.574. The number of carbonyl (C=O) groups is 2. The highest BCUT2D eigenvalue weighted by atomic mass is 35.5. The molecular weight excluding hydrogens is 371 g/mol. The number of ether oxygens (including phenoxy) is 1. The maximum atomic E-state index is 13.7. The number of fused-ring (bicyclic) bond motifs is 1. The van der Waals surface area contributed by atoms with Crippen molar-refractivity contribution in [3.8, 4) is 5.75 Å². The lowest BCUT2D eigenvalue weighted by Gasteiger charge is -2.17. The Hall–Kier alpha value is -2.60. The Morgan fingerprint density at radius 3 is 2.96 bits per heavy atom. The van der Waals surface area contributed by atoms with Gasteiger partial charge in [-0.15, -0.1) is 0 Å². The highest BCUT2D eigenvalue weighted by molar-refractivity contribution is 6.30. The zero-order valence-corrected chi connectivity index (χ0v) is 15.3. The largest absolute Gasteiger partial charge is 0.493 e. The maximum Gasteiger partial charge on any atom is 0.229 e. The normalized spacial score (nSPS) is 18.4. The topological polar surface area (TPSA) is 58.6 Å². The van der Waals surface area contributed by atoms with Gasteiger partial charge in [-0.2, -0.15) is 0 Å². The average molecular weight is 389 g/mol. The van der Waals surface area contributed by atoms with Crippen molar-refractivity contribution in [2.75, 3.05) is 18.1 Å². The summed E-state index contributed by atoms with van der Waals surface area (Å²) in [5.74, 6) is 0.00827. The fraction of sp³-hybridized carbons (Fsp3) is 0.300. The Morgan fingerprint density at radius 1 is 1.30 bits per heavy atom. The van der Waals surface area contributed by atoms with Gasteiger partial charge < -0.3 is 15.0 Å². The molecule has 5 nitrogen and oxygen atoms in total. The van der Waals surface area contributed by atoms with Crippen LogP contribution < -0.4 is 15.0 Å². The van der Waals surface area contributed by atoms with Gasteiger partial charge in [0.2, 0.25) is 11.8 Å². The van der Waals surface area contributed by atoms with E-state index in [9.17, 15) is 14.0 Å². The van der Waals surface area contributed by atoms with Crippen LogP contribution in [-0.2, 0) is 22.4 Å². The lowest BCUT2D eigenvalue weighted by molar-refractivity contribution is -0.121. The summed E-state index contributed by atoms with van der Waals surface area (Å²) in [6.07, 6.45) is 1.29. The number of hydrogen-bond acceptors (Lipinski definition) is 3. The Morgan fingerprint density at radius 2 is 2.15 bits per heavy atom. The number of amides is 2. The first kappa shape index (κ1) is 17.8. The average Bonchev–Trinajstić information content (AvgIpc) is 3.23. The number of nitrogens with zero attached hydrogens (tertiary/aromatic N) is 1. The van der Waals surface area contributed by atoms with Crippen molar-refractivity contribution in [2.24, 2.45) is 0 Å². The lowest BCUT2D eigenvalue weighted by atomic mass is 10.1.